The first-order chi connectivity index (χ1) is 8.47. The van der Waals surface area contributed by atoms with Crippen LogP contribution in [0, 0.1) is 13.8 Å². The monoisotopic (exact) mass is 252 g/mol. The molecule has 0 N–H and O–H groups in total. The number of aryl methyl sites for hydroxylation is 2. The van der Waals surface area contributed by atoms with Crippen LogP contribution in [0.1, 0.15) is 34.8 Å². The summed E-state index contributed by atoms with van der Waals surface area (Å²) in [6.07, 6.45) is -1.64. The van der Waals surface area contributed by atoms with E-state index in [-0.39, 0.29) is 12.2 Å². The average Bonchev–Trinajstić information content (AvgIpc) is 2.37. The fourth-order valence-corrected chi connectivity index (χ4v) is 1.42. The molecule has 0 radical (unpaired) electrons. The number of rotatable bonds is 5. The van der Waals surface area contributed by atoms with E-state index in [0.717, 1.165) is 11.1 Å². The van der Waals surface area contributed by atoms with Crippen LogP contribution >= 0.6 is 0 Å². The number of carbonyl (C=O) groups is 2. The Balaban J connectivity index is 2.79. The van der Waals surface area contributed by atoms with Gasteiger partial charge in [0.15, 0.2) is 0 Å². The van der Waals surface area contributed by atoms with Gasteiger partial charge in [-0.25, -0.2) is 9.18 Å². The first-order valence-electron chi connectivity index (χ1n) is 5.89. The Kier molecular flexibility index (Phi) is 5.01. The lowest BCUT2D eigenvalue weighted by Gasteiger charge is -2.08. The van der Waals surface area contributed by atoms with Crippen molar-refractivity contribution in [3.63, 3.8) is 0 Å². The average molecular weight is 252 g/mol. The summed E-state index contributed by atoms with van der Waals surface area (Å²) in [4.78, 5) is 23.0. The van der Waals surface area contributed by atoms with E-state index in [0.29, 0.717) is 6.42 Å². The van der Waals surface area contributed by atoms with E-state index in [1.807, 2.05) is 13.8 Å². The maximum Gasteiger partial charge on any atom is 0.349 e. The SMILES string of the molecule is CCCOC(=O)C(F)C(=O)c1ccc(C)c(C)c1. The summed E-state index contributed by atoms with van der Waals surface area (Å²) in [7, 11) is 0. The van der Waals surface area contributed by atoms with E-state index in [2.05, 4.69) is 4.74 Å². The molecule has 0 amide bonds. The highest BCUT2D eigenvalue weighted by molar-refractivity contribution is 6.11. The van der Waals surface area contributed by atoms with Crippen molar-refractivity contribution in [2.45, 2.75) is 33.4 Å². The smallest absolute Gasteiger partial charge is 0.349 e. The molecule has 18 heavy (non-hydrogen) atoms. The third kappa shape index (κ3) is 3.39. The van der Waals surface area contributed by atoms with Gasteiger partial charge in [0.2, 0.25) is 5.78 Å². The third-order valence-electron chi connectivity index (χ3n) is 2.68. The van der Waals surface area contributed by atoms with Gasteiger partial charge in [0.25, 0.3) is 6.17 Å². The maximum atomic E-state index is 13.6. The molecule has 0 aliphatic rings. The third-order valence-corrected chi connectivity index (χ3v) is 2.68. The number of halogens is 1. The molecule has 1 atom stereocenters. The number of ether oxygens (including phenoxy) is 1. The van der Waals surface area contributed by atoms with Gasteiger partial charge in [0.1, 0.15) is 0 Å². The molecule has 0 saturated heterocycles. The number of Topliss-reactive ketones (excluding diaryl/α,β-unsaturated/α-hetero) is 1. The molecule has 1 aromatic carbocycles. The zero-order valence-electron chi connectivity index (χ0n) is 10.8. The van der Waals surface area contributed by atoms with E-state index in [1.54, 1.807) is 19.1 Å². The minimum atomic E-state index is -2.24. The number of alkyl halides is 1. The normalized spacial score (nSPS) is 12.0. The van der Waals surface area contributed by atoms with Crippen LogP contribution in [-0.4, -0.2) is 24.5 Å². The highest BCUT2D eigenvalue weighted by Crippen LogP contribution is 2.13. The summed E-state index contributed by atoms with van der Waals surface area (Å²) in [6, 6.07) is 4.83. The lowest BCUT2D eigenvalue weighted by atomic mass is 10.0. The maximum absolute atomic E-state index is 13.6. The fraction of sp³-hybridized carbons (Fsp3) is 0.429. The van der Waals surface area contributed by atoms with Crippen molar-refractivity contribution in [3.05, 3.63) is 34.9 Å². The van der Waals surface area contributed by atoms with Crippen molar-refractivity contribution < 1.29 is 18.7 Å². The standard InChI is InChI=1S/C14H17FO3/c1-4-7-18-14(17)12(15)13(16)11-6-5-9(2)10(3)8-11/h5-6,8,12H,4,7H2,1-3H3. The van der Waals surface area contributed by atoms with Crippen LogP contribution in [0.15, 0.2) is 18.2 Å². The summed E-state index contributed by atoms with van der Waals surface area (Å²) in [5, 5.41) is 0. The van der Waals surface area contributed by atoms with Gasteiger partial charge >= 0.3 is 5.97 Å². The zero-order chi connectivity index (χ0) is 13.7. The van der Waals surface area contributed by atoms with Crippen molar-refractivity contribution in [2.75, 3.05) is 6.61 Å². The Bertz CT molecular complexity index is 454. The molecule has 4 heteroatoms. The quantitative estimate of drug-likeness (QED) is 0.460. The van der Waals surface area contributed by atoms with E-state index >= 15 is 0 Å². The Morgan fingerprint density at radius 1 is 1.28 bits per heavy atom. The number of carbonyl (C=O) groups excluding carboxylic acids is 2. The minimum Gasteiger partial charge on any atom is -0.463 e. The molecule has 0 aromatic heterocycles. The van der Waals surface area contributed by atoms with Gasteiger partial charge in [-0.05, 0) is 37.5 Å². The van der Waals surface area contributed by atoms with Crippen molar-refractivity contribution in [1.82, 2.24) is 0 Å². The predicted octanol–water partition coefficient (Wildman–Crippen LogP) is 2.78. The molecular weight excluding hydrogens is 235 g/mol. The highest BCUT2D eigenvalue weighted by atomic mass is 19.1. The second kappa shape index (κ2) is 6.28. The van der Waals surface area contributed by atoms with E-state index in [1.165, 1.54) is 6.07 Å². The summed E-state index contributed by atoms with van der Waals surface area (Å²) < 4.78 is 18.2. The summed E-state index contributed by atoms with van der Waals surface area (Å²) >= 11 is 0. The molecule has 1 rings (SSSR count). The van der Waals surface area contributed by atoms with E-state index in [4.69, 9.17) is 0 Å². The first-order valence-corrected chi connectivity index (χ1v) is 5.89. The Morgan fingerprint density at radius 2 is 1.94 bits per heavy atom. The largest absolute Gasteiger partial charge is 0.463 e. The highest BCUT2D eigenvalue weighted by Gasteiger charge is 2.28. The molecule has 0 heterocycles. The van der Waals surface area contributed by atoms with Gasteiger partial charge in [-0.2, -0.15) is 0 Å². The second-order valence-electron chi connectivity index (χ2n) is 4.19. The van der Waals surface area contributed by atoms with Gasteiger partial charge in [-0.1, -0.05) is 19.1 Å². The zero-order valence-corrected chi connectivity index (χ0v) is 10.8. The lowest BCUT2D eigenvalue weighted by Crippen LogP contribution is -2.28. The minimum absolute atomic E-state index is 0.124. The first kappa shape index (κ1) is 14.4. The fourth-order valence-electron chi connectivity index (χ4n) is 1.42. The number of benzene rings is 1. The lowest BCUT2D eigenvalue weighted by molar-refractivity contribution is -0.147. The van der Waals surface area contributed by atoms with Crippen LogP contribution in [0.2, 0.25) is 0 Å². The van der Waals surface area contributed by atoms with Crippen LogP contribution in [0.25, 0.3) is 0 Å². The summed E-state index contributed by atoms with van der Waals surface area (Å²) in [5.74, 6) is -1.96. The van der Waals surface area contributed by atoms with Crippen LogP contribution in [0.4, 0.5) is 4.39 Å². The van der Waals surface area contributed by atoms with E-state index in [9.17, 15) is 14.0 Å². The second-order valence-corrected chi connectivity index (χ2v) is 4.19. The van der Waals surface area contributed by atoms with Gasteiger partial charge in [0.05, 0.1) is 6.61 Å². The molecule has 0 fully saturated rings. The molecule has 98 valence electrons. The van der Waals surface area contributed by atoms with E-state index < -0.39 is 17.9 Å². The van der Waals surface area contributed by atoms with Crippen molar-refractivity contribution >= 4 is 11.8 Å². The van der Waals surface area contributed by atoms with Gasteiger partial charge in [-0.3, -0.25) is 4.79 Å². The van der Waals surface area contributed by atoms with Gasteiger partial charge < -0.3 is 4.74 Å². The number of hydrogen-bond donors (Lipinski definition) is 0. The van der Waals surface area contributed by atoms with Crippen molar-refractivity contribution in [2.24, 2.45) is 0 Å². The summed E-state index contributed by atoms with van der Waals surface area (Å²) in [5.41, 5.74) is 2.09. The molecule has 1 unspecified atom stereocenters. The van der Waals surface area contributed by atoms with Crippen LogP contribution < -0.4 is 0 Å². The molecule has 0 bridgehead atoms. The number of hydrogen-bond acceptors (Lipinski definition) is 3. The summed E-state index contributed by atoms with van der Waals surface area (Å²) in [6.45, 7) is 5.64. The topological polar surface area (TPSA) is 43.4 Å². The molecule has 3 nitrogen and oxygen atoms in total. The number of esters is 1. The van der Waals surface area contributed by atoms with Gasteiger partial charge in [0, 0.05) is 5.56 Å². The molecule has 0 aliphatic heterocycles. The molecule has 0 saturated carbocycles. The molecule has 0 aliphatic carbocycles. The van der Waals surface area contributed by atoms with Crippen LogP contribution in [0.5, 0.6) is 0 Å². The molecule has 0 spiro atoms. The van der Waals surface area contributed by atoms with Gasteiger partial charge in [-0.15, -0.1) is 0 Å². The predicted molar refractivity (Wildman–Crippen MR) is 66.4 cm³/mol. The van der Waals surface area contributed by atoms with Crippen LogP contribution in [0.3, 0.4) is 0 Å². The van der Waals surface area contributed by atoms with Crippen molar-refractivity contribution in [1.29, 1.82) is 0 Å². The van der Waals surface area contributed by atoms with Crippen LogP contribution in [-0.2, 0) is 9.53 Å². The Labute approximate surface area is 106 Å². The molecular formula is C14H17FO3. The van der Waals surface area contributed by atoms with Crippen molar-refractivity contribution in [3.8, 4) is 0 Å². The molecule has 1 aromatic rings. The number of ketones is 1. The Hall–Kier alpha value is -1.71. The Morgan fingerprint density at radius 3 is 2.50 bits per heavy atom.